The van der Waals surface area contributed by atoms with Crippen LogP contribution in [0.1, 0.15) is 55.8 Å². The van der Waals surface area contributed by atoms with Crippen molar-refractivity contribution in [1.82, 2.24) is 20.0 Å². The fourth-order valence-electron chi connectivity index (χ4n) is 4.21. The number of rotatable bonds is 4. The molecule has 2 aliphatic heterocycles. The fourth-order valence-corrected chi connectivity index (χ4v) is 4.21. The topological polar surface area (TPSA) is 81.4 Å². The van der Waals surface area contributed by atoms with Crippen molar-refractivity contribution in [3.05, 3.63) is 41.8 Å². The zero-order valence-electron chi connectivity index (χ0n) is 15.9. The van der Waals surface area contributed by atoms with Crippen LogP contribution in [0.15, 0.2) is 29.0 Å². The molecule has 4 rings (SSSR count). The Kier molecular flexibility index (Phi) is 4.95. The standard InChI is InChI=1S/C20H26N4O3/c1-14(2)19-22-18(23-27-19)16-12-24(13-20(16)5-8-26-9-6-20)17(25)10-15-4-3-7-21-11-15/h3-4,7,11,14,16H,5-6,8-10,12-13H2,1-2H3/t16-/m1/s1. The fraction of sp³-hybridized carbons (Fsp3) is 0.600. The molecule has 1 spiro atoms. The number of pyridine rings is 1. The summed E-state index contributed by atoms with van der Waals surface area (Å²) in [6, 6.07) is 3.80. The predicted molar refractivity (Wildman–Crippen MR) is 98.1 cm³/mol. The molecule has 2 saturated heterocycles. The van der Waals surface area contributed by atoms with E-state index in [0.29, 0.717) is 18.9 Å². The van der Waals surface area contributed by atoms with Crippen LogP contribution in [0.25, 0.3) is 0 Å². The van der Waals surface area contributed by atoms with Gasteiger partial charge in [0, 0.05) is 55.9 Å². The van der Waals surface area contributed by atoms with Crippen LogP contribution >= 0.6 is 0 Å². The Hall–Kier alpha value is -2.28. The minimum absolute atomic E-state index is 0.0268. The van der Waals surface area contributed by atoms with Gasteiger partial charge in [-0.25, -0.2) is 0 Å². The molecule has 2 aromatic heterocycles. The van der Waals surface area contributed by atoms with Gasteiger partial charge in [0.25, 0.3) is 0 Å². The molecule has 0 unspecified atom stereocenters. The van der Waals surface area contributed by atoms with Gasteiger partial charge in [-0.05, 0) is 24.5 Å². The number of aromatic nitrogens is 3. The maximum atomic E-state index is 12.9. The number of likely N-dealkylation sites (tertiary alicyclic amines) is 1. The van der Waals surface area contributed by atoms with Crippen LogP contribution in [-0.4, -0.2) is 52.2 Å². The van der Waals surface area contributed by atoms with Crippen molar-refractivity contribution in [1.29, 1.82) is 0 Å². The third-order valence-corrected chi connectivity index (χ3v) is 5.83. The average molecular weight is 370 g/mol. The van der Waals surface area contributed by atoms with Gasteiger partial charge >= 0.3 is 0 Å². The van der Waals surface area contributed by atoms with Crippen molar-refractivity contribution >= 4 is 5.91 Å². The van der Waals surface area contributed by atoms with E-state index in [4.69, 9.17) is 9.26 Å². The SMILES string of the molecule is CC(C)c1nc([C@H]2CN(C(=O)Cc3cccnc3)CC23CCOCC3)no1. The molecule has 0 bridgehead atoms. The zero-order chi connectivity index (χ0) is 18.9. The minimum atomic E-state index is -0.0268. The first kappa shape index (κ1) is 18.1. The number of hydrogen-bond donors (Lipinski definition) is 0. The van der Waals surface area contributed by atoms with E-state index >= 15 is 0 Å². The first-order valence-electron chi connectivity index (χ1n) is 9.65. The number of nitrogens with zero attached hydrogens (tertiary/aromatic N) is 4. The van der Waals surface area contributed by atoms with Crippen LogP contribution in [0.2, 0.25) is 0 Å². The number of amides is 1. The number of carbonyl (C=O) groups excluding carboxylic acids is 1. The third-order valence-electron chi connectivity index (χ3n) is 5.83. The lowest BCUT2D eigenvalue weighted by Gasteiger charge is -2.36. The molecule has 0 radical (unpaired) electrons. The Bertz CT molecular complexity index is 784. The van der Waals surface area contributed by atoms with Crippen molar-refractivity contribution in [2.45, 2.75) is 44.9 Å². The summed E-state index contributed by atoms with van der Waals surface area (Å²) in [6.07, 6.45) is 5.68. The van der Waals surface area contributed by atoms with Gasteiger partial charge in [-0.2, -0.15) is 4.98 Å². The van der Waals surface area contributed by atoms with E-state index in [2.05, 4.69) is 15.1 Å². The smallest absolute Gasteiger partial charge is 0.229 e. The summed E-state index contributed by atoms with van der Waals surface area (Å²) >= 11 is 0. The molecule has 1 amide bonds. The van der Waals surface area contributed by atoms with Crippen LogP contribution in [0.3, 0.4) is 0 Å². The molecule has 1 atom stereocenters. The molecule has 4 heterocycles. The molecule has 7 nitrogen and oxygen atoms in total. The zero-order valence-corrected chi connectivity index (χ0v) is 15.9. The highest BCUT2D eigenvalue weighted by molar-refractivity contribution is 5.79. The third kappa shape index (κ3) is 3.60. The maximum absolute atomic E-state index is 12.9. The summed E-state index contributed by atoms with van der Waals surface area (Å²) in [5.74, 6) is 1.81. The van der Waals surface area contributed by atoms with Crippen molar-refractivity contribution in [3.8, 4) is 0 Å². The van der Waals surface area contributed by atoms with Crippen LogP contribution in [0.5, 0.6) is 0 Å². The molecule has 0 N–H and O–H groups in total. The molecular formula is C20H26N4O3. The van der Waals surface area contributed by atoms with Gasteiger partial charge < -0.3 is 14.2 Å². The van der Waals surface area contributed by atoms with Crippen LogP contribution < -0.4 is 0 Å². The van der Waals surface area contributed by atoms with Gasteiger partial charge in [-0.1, -0.05) is 25.1 Å². The second-order valence-corrected chi connectivity index (χ2v) is 7.99. The first-order valence-corrected chi connectivity index (χ1v) is 9.65. The molecule has 2 aliphatic rings. The Morgan fingerprint density at radius 3 is 2.85 bits per heavy atom. The molecule has 0 saturated carbocycles. The summed E-state index contributed by atoms with van der Waals surface area (Å²) in [4.78, 5) is 23.7. The minimum Gasteiger partial charge on any atom is -0.381 e. The maximum Gasteiger partial charge on any atom is 0.229 e. The number of hydrogen-bond acceptors (Lipinski definition) is 6. The molecular weight excluding hydrogens is 344 g/mol. The quantitative estimate of drug-likeness (QED) is 0.823. The van der Waals surface area contributed by atoms with E-state index in [1.54, 1.807) is 12.4 Å². The Labute approximate surface area is 159 Å². The van der Waals surface area contributed by atoms with E-state index in [0.717, 1.165) is 44.0 Å². The molecule has 7 heteroatoms. The molecule has 27 heavy (non-hydrogen) atoms. The molecule has 0 aliphatic carbocycles. The van der Waals surface area contributed by atoms with Gasteiger partial charge in [0.1, 0.15) is 0 Å². The normalized spacial score (nSPS) is 21.9. The van der Waals surface area contributed by atoms with E-state index in [1.807, 2.05) is 30.9 Å². The summed E-state index contributed by atoms with van der Waals surface area (Å²) < 4.78 is 11.1. The van der Waals surface area contributed by atoms with E-state index < -0.39 is 0 Å². The predicted octanol–water partition coefficient (Wildman–Crippen LogP) is 2.55. The Morgan fingerprint density at radius 2 is 2.19 bits per heavy atom. The van der Waals surface area contributed by atoms with E-state index in [-0.39, 0.29) is 23.2 Å². The average Bonchev–Trinajstić information content (AvgIpc) is 3.29. The highest BCUT2D eigenvalue weighted by Gasteiger charge is 2.51. The van der Waals surface area contributed by atoms with Crippen LogP contribution in [0.4, 0.5) is 0 Å². The Balaban J connectivity index is 1.56. The highest BCUT2D eigenvalue weighted by atomic mass is 16.5. The van der Waals surface area contributed by atoms with Gasteiger partial charge in [-0.3, -0.25) is 9.78 Å². The Morgan fingerprint density at radius 1 is 1.37 bits per heavy atom. The second kappa shape index (κ2) is 7.38. The van der Waals surface area contributed by atoms with Crippen LogP contribution in [-0.2, 0) is 16.0 Å². The van der Waals surface area contributed by atoms with Gasteiger partial charge in [-0.15, -0.1) is 0 Å². The van der Waals surface area contributed by atoms with Crippen LogP contribution in [0, 0.1) is 5.41 Å². The van der Waals surface area contributed by atoms with Gasteiger partial charge in [0.05, 0.1) is 6.42 Å². The van der Waals surface area contributed by atoms with Gasteiger partial charge in [0.15, 0.2) is 5.82 Å². The number of carbonyl (C=O) groups is 1. The molecule has 0 aromatic carbocycles. The van der Waals surface area contributed by atoms with E-state index in [1.165, 1.54) is 0 Å². The summed E-state index contributed by atoms with van der Waals surface area (Å²) in [7, 11) is 0. The van der Waals surface area contributed by atoms with E-state index in [9.17, 15) is 4.79 Å². The first-order chi connectivity index (χ1) is 13.1. The lowest BCUT2D eigenvalue weighted by atomic mass is 9.72. The highest BCUT2D eigenvalue weighted by Crippen LogP contribution is 2.48. The summed E-state index contributed by atoms with van der Waals surface area (Å²) in [5.41, 5.74) is 0.912. The van der Waals surface area contributed by atoms with Crippen molar-refractivity contribution < 1.29 is 14.1 Å². The lowest BCUT2D eigenvalue weighted by Crippen LogP contribution is -2.37. The summed E-state index contributed by atoms with van der Waals surface area (Å²) in [5, 5.41) is 4.27. The number of ether oxygens (including phenoxy) is 1. The van der Waals surface area contributed by atoms with Crippen molar-refractivity contribution in [2.24, 2.45) is 5.41 Å². The molecule has 2 aromatic rings. The van der Waals surface area contributed by atoms with Gasteiger partial charge in [0.2, 0.25) is 11.8 Å². The molecule has 2 fully saturated rings. The lowest BCUT2D eigenvalue weighted by molar-refractivity contribution is -0.130. The van der Waals surface area contributed by atoms with Crippen molar-refractivity contribution in [3.63, 3.8) is 0 Å². The van der Waals surface area contributed by atoms with Crippen molar-refractivity contribution in [2.75, 3.05) is 26.3 Å². The summed E-state index contributed by atoms with van der Waals surface area (Å²) in [6.45, 7) is 6.88. The molecule has 144 valence electrons. The largest absolute Gasteiger partial charge is 0.381 e. The second-order valence-electron chi connectivity index (χ2n) is 7.99. The monoisotopic (exact) mass is 370 g/mol.